The second-order valence-electron chi connectivity index (χ2n) is 3.56. The minimum Gasteiger partial charge on any atom is -0.375 e. The molecule has 1 aliphatic heterocycles. The third-order valence-electron chi connectivity index (χ3n) is 2.61. The first-order chi connectivity index (χ1) is 8.17. The second kappa shape index (κ2) is 8.61. The summed E-state index contributed by atoms with van der Waals surface area (Å²) in [4.78, 5) is 10.1. The fourth-order valence-corrected chi connectivity index (χ4v) is 1.65. The first kappa shape index (κ1) is 15.5. The number of nitrogens with one attached hydrogen (secondary N) is 1. The van der Waals surface area contributed by atoms with Crippen LogP contribution in [0, 0.1) is 0 Å². The Kier molecular flexibility index (Phi) is 7.84. The lowest BCUT2D eigenvalue weighted by Crippen LogP contribution is -2.38. The largest absolute Gasteiger partial charge is 0.375 e. The number of likely N-dealkylation sites (tertiary alicyclic amines) is 1. The quantitative estimate of drug-likeness (QED) is 0.574. The van der Waals surface area contributed by atoms with Crippen LogP contribution in [0.5, 0.6) is 0 Å². The zero-order chi connectivity index (χ0) is 13.3. The molecule has 0 amide bonds. The van der Waals surface area contributed by atoms with Crippen molar-refractivity contribution < 1.29 is 0 Å². The number of aliphatic imine (C=N–C) groups is 2. The third-order valence-corrected chi connectivity index (χ3v) is 2.61. The third kappa shape index (κ3) is 5.38. The number of guanidine groups is 1. The van der Waals surface area contributed by atoms with Crippen LogP contribution in [0.15, 0.2) is 22.4 Å². The van der Waals surface area contributed by atoms with Gasteiger partial charge in [-0.15, -0.1) is 0 Å². The molecule has 0 unspecified atom stereocenters. The van der Waals surface area contributed by atoms with Crippen LogP contribution < -0.4 is 11.1 Å². The van der Waals surface area contributed by atoms with Crippen molar-refractivity contribution in [3.8, 4) is 0 Å². The number of hydrogen-bond donors (Lipinski definition) is 2. The van der Waals surface area contributed by atoms with Gasteiger partial charge in [-0.3, -0.25) is 0 Å². The van der Waals surface area contributed by atoms with E-state index in [4.69, 9.17) is 5.73 Å². The molecule has 1 fully saturated rings. The normalized spacial score (nSPS) is 16.9. The molecular formula is C12H25N5. The highest BCUT2D eigenvalue weighted by atomic mass is 15.2. The van der Waals surface area contributed by atoms with E-state index < -0.39 is 0 Å². The van der Waals surface area contributed by atoms with E-state index >= 15 is 0 Å². The van der Waals surface area contributed by atoms with Crippen molar-refractivity contribution in [1.29, 1.82) is 0 Å². The van der Waals surface area contributed by atoms with Crippen LogP contribution in [0.3, 0.4) is 0 Å². The Balaban J connectivity index is 0.00000121. The smallest absolute Gasteiger partial charge is 0.214 e. The van der Waals surface area contributed by atoms with E-state index in [0.717, 1.165) is 31.8 Å². The van der Waals surface area contributed by atoms with Crippen molar-refractivity contribution in [1.82, 2.24) is 10.2 Å². The standard InChI is InChI=1S/C10H19N5.C2H6/c1-8(12-2)15-6-4-9(5-7-15)14-10(11)13-3;1-2/h9,12H,1,3-7H2,2H3,(H2,11,14);1-2H3. The van der Waals surface area contributed by atoms with Crippen LogP contribution in [0.2, 0.25) is 0 Å². The van der Waals surface area contributed by atoms with Gasteiger partial charge in [-0.2, -0.15) is 0 Å². The van der Waals surface area contributed by atoms with E-state index in [1.54, 1.807) is 0 Å². The van der Waals surface area contributed by atoms with Gasteiger partial charge in [-0.05, 0) is 19.6 Å². The molecule has 0 spiro atoms. The zero-order valence-electron chi connectivity index (χ0n) is 11.2. The zero-order valence-corrected chi connectivity index (χ0v) is 11.2. The van der Waals surface area contributed by atoms with Crippen LogP contribution >= 0.6 is 0 Å². The van der Waals surface area contributed by atoms with E-state index in [0.29, 0.717) is 5.96 Å². The summed E-state index contributed by atoms with van der Waals surface area (Å²) < 4.78 is 0. The molecule has 1 heterocycles. The van der Waals surface area contributed by atoms with Gasteiger partial charge in [-0.25, -0.2) is 9.98 Å². The predicted molar refractivity (Wildman–Crippen MR) is 75.3 cm³/mol. The van der Waals surface area contributed by atoms with Crippen LogP contribution in [-0.4, -0.2) is 43.8 Å². The van der Waals surface area contributed by atoms with Gasteiger partial charge in [0.05, 0.1) is 11.9 Å². The number of nitrogens with zero attached hydrogens (tertiary/aromatic N) is 3. The van der Waals surface area contributed by atoms with E-state index in [1.165, 1.54) is 0 Å². The summed E-state index contributed by atoms with van der Waals surface area (Å²) >= 11 is 0. The topological polar surface area (TPSA) is 66.0 Å². The predicted octanol–water partition coefficient (Wildman–Crippen LogP) is 1.18. The van der Waals surface area contributed by atoms with Gasteiger partial charge in [0.1, 0.15) is 0 Å². The molecule has 0 atom stereocenters. The maximum absolute atomic E-state index is 5.50. The van der Waals surface area contributed by atoms with E-state index in [-0.39, 0.29) is 6.04 Å². The van der Waals surface area contributed by atoms with Crippen LogP contribution in [0.4, 0.5) is 0 Å². The van der Waals surface area contributed by atoms with Gasteiger partial charge in [0.2, 0.25) is 5.96 Å². The molecule has 5 heteroatoms. The molecule has 5 nitrogen and oxygen atoms in total. The van der Waals surface area contributed by atoms with E-state index in [2.05, 4.69) is 33.5 Å². The van der Waals surface area contributed by atoms with Crippen LogP contribution in [0.25, 0.3) is 0 Å². The Bertz CT molecular complexity index is 264. The fourth-order valence-electron chi connectivity index (χ4n) is 1.65. The minimum absolute atomic E-state index is 0.274. The van der Waals surface area contributed by atoms with Gasteiger partial charge < -0.3 is 16.0 Å². The summed E-state index contributed by atoms with van der Waals surface area (Å²) in [5, 5.41) is 3.04. The Morgan fingerprint density at radius 2 is 1.88 bits per heavy atom. The Labute approximate surface area is 105 Å². The number of nitrogens with two attached hydrogens (primary N) is 1. The van der Waals surface area contributed by atoms with Crippen LogP contribution in [-0.2, 0) is 0 Å². The van der Waals surface area contributed by atoms with Crippen molar-refractivity contribution in [3.63, 3.8) is 0 Å². The number of piperidine rings is 1. The summed E-state index contributed by atoms with van der Waals surface area (Å²) in [5.41, 5.74) is 5.50. The van der Waals surface area contributed by atoms with E-state index in [1.807, 2.05) is 20.9 Å². The average molecular weight is 239 g/mol. The van der Waals surface area contributed by atoms with Gasteiger partial charge in [-0.1, -0.05) is 20.4 Å². The molecule has 0 aromatic heterocycles. The summed E-state index contributed by atoms with van der Waals surface area (Å²) in [7, 11) is 1.88. The summed E-state index contributed by atoms with van der Waals surface area (Å²) in [6.07, 6.45) is 1.97. The van der Waals surface area contributed by atoms with Crippen molar-refractivity contribution in [2.24, 2.45) is 15.7 Å². The number of hydrogen-bond acceptors (Lipinski definition) is 3. The monoisotopic (exact) mass is 239 g/mol. The molecule has 17 heavy (non-hydrogen) atoms. The average Bonchev–Trinajstić information content (AvgIpc) is 2.40. The molecule has 1 rings (SSSR count). The Morgan fingerprint density at radius 3 is 2.29 bits per heavy atom. The Morgan fingerprint density at radius 1 is 1.35 bits per heavy atom. The minimum atomic E-state index is 0.274. The fraction of sp³-hybridized carbons (Fsp3) is 0.667. The van der Waals surface area contributed by atoms with Crippen molar-refractivity contribution in [2.75, 3.05) is 20.1 Å². The first-order valence-corrected chi connectivity index (χ1v) is 6.09. The molecule has 1 aliphatic rings. The molecule has 1 saturated heterocycles. The van der Waals surface area contributed by atoms with Crippen molar-refractivity contribution >= 4 is 12.7 Å². The summed E-state index contributed by atoms with van der Waals surface area (Å²) in [6.45, 7) is 13.2. The van der Waals surface area contributed by atoms with Crippen molar-refractivity contribution in [2.45, 2.75) is 32.7 Å². The maximum atomic E-state index is 5.50. The molecule has 3 N–H and O–H groups in total. The number of rotatable bonds is 3. The van der Waals surface area contributed by atoms with Crippen LogP contribution in [0.1, 0.15) is 26.7 Å². The van der Waals surface area contributed by atoms with Gasteiger partial charge in [0.15, 0.2) is 0 Å². The molecule has 0 aromatic rings. The van der Waals surface area contributed by atoms with Gasteiger partial charge in [0, 0.05) is 20.1 Å². The lowest BCUT2D eigenvalue weighted by Gasteiger charge is -2.32. The highest BCUT2D eigenvalue weighted by Gasteiger charge is 2.18. The van der Waals surface area contributed by atoms with E-state index in [9.17, 15) is 0 Å². The van der Waals surface area contributed by atoms with Gasteiger partial charge >= 0.3 is 0 Å². The summed E-state index contributed by atoms with van der Waals surface area (Å²) in [5.74, 6) is 1.26. The lowest BCUT2D eigenvalue weighted by atomic mass is 10.1. The molecule has 0 saturated carbocycles. The lowest BCUT2D eigenvalue weighted by molar-refractivity contribution is 0.254. The first-order valence-electron chi connectivity index (χ1n) is 6.09. The van der Waals surface area contributed by atoms with Gasteiger partial charge in [0.25, 0.3) is 0 Å². The van der Waals surface area contributed by atoms with Crippen molar-refractivity contribution in [3.05, 3.63) is 12.4 Å². The highest BCUT2D eigenvalue weighted by Crippen LogP contribution is 2.15. The molecule has 0 aromatic carbocycles. The maximum Gasteiger partial charge on any atom is 0.214 e. The SMILES string of the molecule is C=NC(N)=NC1CCN(C(=C)NC)CC1.CC. The Hall–Kier alpha value is -1.52. The molecule has 0 bridgehead atoms. The molecule has 0 radical (unpaired) electrons. The molecule has 98 valence electrons. The molecule has 0 aliphatic carbocycles. The highest BCUT2D eigenvalue weighted by molar-refractivity contribution is 5.82. The summed E-state index contributed by atoms with van der Waals surface area (Å²) in [6, 6.07) is 0.274. The molecular weight excluding hydrogens is 214 g/mol. The second-order valence-corrected chi connectivity index (χ2v) is 3.56.